The summed E-state index contributed by atoms with van der Waals surface area (Å²) in [5, 5.41) is 10.2. The lowest BCUT2D eigenvalue weighted by atomic mass is 10.0. The van der Waals surface area contributed by atoms with E-state index in [4.69, 9.17) is 15.5 Å². The SMILES string of the molecule is CC[C@H](N)c1nc2cccc(CCCCCC(O)OC)c2c(=O)n1-c1ccccc1. The van der Waals surface area contributed by atoms with Crippen LogP contribution in [0.15, 0.2) is 53.3 Å². The van der Waals surface area contributed by atoms with Crippen LogP contribution in [0.3, 0.4) is 0 Å². The molecule has 3 aromatic rings. The number of nitrogens with two attached hydrogens (primary N) is 1. The molecule has 0 amide bonds. The number of ether oxygens (including phenoxy) is 1. The van der Waals surface area contributed by atoms with Crippen LogP contribution in [0.2, 0.25) is 0 Å². The third-order valence-corrected chi connectivity index (χ3v) is 5.46. The summed E-state index contributed by atoms with van der Waals surface area (Å²) >= 11 is 0. The minimum absolute atomic E-state index is 0.0736. The molecule has 0 saturated heterocycles. The van der Waals surface area contributed by atoms with E-state index in [1.54, 1.807) is 4.57 Å². The predicted octanol–water partition coefficient (Wildman–Crippen LogP) is 3.86. The van der Waals surface area contributed by atoms with E-state index in [2.05, 4.69) is 0 Å². The van der Waals surface area contributed by atoms with Crippen LogP contribution in [-0.4, -0.2) is 28.1 Å². The lowest BCUT2D eigenvalue weighted by Gasteiger charge is -2.18. The van der Waals surface area contributed by atoms with Crippen molar-refractivity contribution in [2.45, 2.75) is 57.8 Å². The monoisotopic (exact) mass is 409 g/mol. The summed E-state index contributed by atoms with van der Waals surface area (Å²) in [6.45, 7) is 1.99. The molecule has 0 bridgehead atoms. The van der Waals surface area contributed by atoms with Crippen LogP contribution in [0.5, 0.6) is 0 Å². The van der Waals surface area contributed by atoms with Crippen molar-refractivity contribution in [3.8, 4) is 5.69 Å². The molecule has 0 fully saturated rings. The van der Waals surface area contributed by atoms with Crippen molar-refractivity contribution in [2.75, 3.05) is 7.11 Å². The van der Waals surface area contributed by atoms with Crippen LogP contribution in [0, 0.1) is 0 Å². The van der Waals surface area contributed by atoms with Crippen LogP contribution in [0.25, 0.3) is 16.6 Å². The van der Waals surface area contributed by atoms with E-state index in [0.717, 1.165) is 36.9 Å². The van der Waals surface area contributed by atoms with Gasteiger partial charge in [-0.25, -0.2) is 4.98 Å². The molecule has 2 atom stereocenters. The molecule has 0 spiro atoms. The average Bonchev–Trinajstić information content (AvgIpc) is 2.78. The summed E-state index contributed by atoms with van der Waals surface area (Å²) < 4.78 is 6.54. The van der Waals surface area contributed by atoms with Crippen LogP contribution < -0.4 is 11.3 Å². The van der Waals surface area contributed by atoms with Gasteiger partial charge in [-0.05, 0) is 55.9 Å². The molecule has 3 N–H and O–H groups in total. The summed E-state index contributed by atoms with van der Waals surface area (Å²) in [4.78, 5) is 18.4. The second-order valence-electron chi connectivity index (χ2n) is 7.56. The van der Waals surface area contributed by atoms with E-state index in [1.165, 1.54) is 7.11 Å². The summed E-state index contributed by atoms with van der Waals surface area (Å²) in [6.07, 6.45) is 4.15. The molecule has 0 aliphatic heterocycles. The van der Waals surface area contributed by atoms with Gasteiger partial charge in [-0.15, -0.1) is 0 Å². The molecule has 1 unspecified atom stereocenters. The first-order valence-corrected chi connectivity index (χ1v) is 10.6. The Balaban J connectivity index is 1.98. The molecule has 1 aromatic heterocycles. The van der Waals surface area contributed by atoms with Crippen molar-refractivity contribution in [3.05, 3.63) is 70.3 Å². The van der Waals surface area contributed by atoms with E-state index in [0.29, 0.717) is 29.6 Å². The third-order valence-electron chi connectivity index (χ3n) is 5.46. The fourth-order valence-corrected chi connectivity index (χ4v) is 3.71. The normalized spacial score (nSPS) is 13.5. The average molecular weight is 410 g/mol. The Bertz CT molecular complexity index is 1020. The summed E-state index contributed by atoms with van der Waals surface area (Å²) in [7, 11) is 1.50. The van der Waals surface area contributed by atoms with Crippen molar-refractivity contribution in [2.24, 2.45) is 5.73 Å². The smallest absolute Gasteiger partial charge is 0.266 e. The fraction of sp³-hybridized carbons (Fsp3) is 0.417. The third kappa shape index (κ3) is 4.95. The topological polar surface area (TPSA) is 90.4 Å². The van der Waals surface area contributed by atoms with Crippen molar-refractivity contribution < 1.29 is 9.84 Å². The minimum atomic E-state index is -0.703. The number of aromatic nitrogens is 2. The van der Waals surface area contributed by atoms with Gasteiger partial charge in [0.2, 0.25) is 0 Å². The molecule has 2 aromatic carbocycles. The highest BCUT2D eigenvalue weighted by atomic mass is 16.6. The van der Waals surface area contributed by atoms with Gasteiger partial charge in [0.05, 0.1) is 22.6 Å². The number of aliphatic hydroxyl groups is 1. The molecule has 0 aliphatic rings. The maximum absolute atomic E-state index is 13.6. The molecular formula is C24H31N3O3. The molecule has 160 valence electrons. The lowest BCUT2D eigenvalue weighted by molar-refractivity contribution is -0.0792. The zero-order chi connectivity index (χ0) is 21.5. The number of rotatable bonds is 10. The molecule has 3 rings (SSSR count). The van der Waals surface area contributed by atoms with Gasteiger partial charge in [0.1, 0.15) is 5.82 Å². The number of fused-ring (bicyclic) bond motifs is 1. The Labute approximate surface area is 177 Å². The van der Waals surface area contributed by atoms with E-state index in [1.807, 2.05) is 55.5 Å². The van der Waals surface area contributed by atoms with E-state index >= 15 is 0 Å². The molecule has 30 heavy (non-hydrogen) atoms. The van der Waals surface area contributed by atoms with Crippen LogP contribution in [0.1, 0.15) is 56.5 Å². The van der Waals surface area contributed by atoms with Gasteiger partial charge in [0.15, 0.2) is 6.29 Å². The second kappa shape index (κ2) is 10.5. The molecule has 0 saturated carbocycles. The number of methoxy groups -OCH3 is 1. The molecule has 1 heterocycles. The van der Waals surface area contributed by atoms with Gasteiger partial charge in [-0.1, -0.05) is 43.7 Å². The summed E-state index contributed by atoms with van der Waals surface area (Å²) in [5.74, 6) is 0.590. The van der Waals surface area contributed by atoms with Crippen LogP contribution in [0.4, 0.5) is 0 Å². The zero-order valence-corrected chi connectivity index (χ0v) is 17.8. The Hall–Kier alpha value is -2.54. The molecule has 0 aliphatic carbocycles. The maximum atomic E-state index is 13.6. The van der Waals surface area contributed by atoms with Gasteiger partial charge in [-0.2, -0.15) is 0 Å². The molecule has 0 radical (unpaired) electrons. The molecular weight excluding hydrogens is 378 g/mol. The highest BCUT2D eigenvalue weighted by Crippen LogP contribution is 2.22. The Kier molecular flexibility index (Phi) is 7.74. The summed E-state index contributed by atoms with van der Waals surface area (Å²) in [6, 6.07) is 15.1. The van der Waals surface area contributed by atoms with Gasteiger partial charge in [-0.3, -0.25) is 9.36 Å². The predicted molar refractivity (Wildman–Crippen MR) is 120 cm³/mol. The number of hydrogen-bond donors (Lipinski definition) is 2. The van der Waals surface area contributed by atoms with Crippen LogP contribution >= 0.6 is 0 Å². The highest BCUT2D eigenvalue weighted by Gasteiger charge is 2.18. The molecule has 6 heteroatoms. The fourth-order valence-electron chi connectivity index (χ4n) is 3.71. The summed E-state index contributed by atoms with van der Waals surface area (Å²) in [5.41, 5.74) is 8.72. The first-order valence-electron chi connectivity index (χ1n) is 10.6. The van der Waals surface area contributed by atoms with Crippen molar-refractivity contribution in [3.63, 3.8) is 0 Å². The van der Waals surface area contributed by atoms with Gasteiger partial charge < -0.3 is 15.6 Å². The number of aryl methyl sites for hydroxylation is 1. The molecule has 6 nitrogen and oxygen atoms in total. The number of nitrogens with zero attached hydrogens (tertiary/aromatic N) is 2. The first kappa shape index (κ1) is 22.2. The van der Waals surface area contributed by atoms with Crippen molar-refractivity contribution in [1.82, 2.24) is 9.55 Å². The number of aliphatic hydroxyl groups excluding tert-OH is 1. The largest absolute Gasteiger partial charge is 0.368 e. The lowest BCUT2D eigenvalue weighted by Crippen LogP contribution is -2.28. The standard InChI is InChI=1S/C24H31N3O3/c1-3-19(25)23-26-20-15-10-12-17(11-6-4-9-16-21(28)30-2)22(20)24(29)27(23)18-13-7-5-8-14-18/h5,7-8,10,12-15,19,21,28H,3-4,6,9,11,16,25H2,1-2H3/t19-,21?/m0/s1. The van der Waals surface area contributed by atoms with Gasteiger partial charge in [0, 0.05) is 7.11 Å². The minimum Gasteiger partial charge on any atom is -0.368 e. The highest BCUT2D eigenvalue weighted by molar-refractivity contribution is 5.81. The second-order valence-corrected chi connectivity index (χ2v) is 7.56. The maximum Gasteiger partial charge on any atom is 0.266 e. The Morgan fingerprint density at radius 3 is 2.57 bits per heavy atom. The number of unbranched alkanes of at least 4 members (excludes halogenated alkanes) is 2. The first-order chi connectivity index (χ1) is 14.6. The van der Waals surface area contributed by atoms with Crippen molar-refractivity contribution in [1.29, 1.82) is 0 Å². The number of benzene rings is 2. The Morgan fingerprint density at radius 2 is 1.87 bits per heavy atom. The van der Waals surface area contributed by atoms with Crippen LogP contribution in [-0.2, 0) is 11.2 Å². The van der Waals surface area contributed by atoms with Gasteiger partial charge >= 0.3 is 0 Å². The van der Waals surface area contributed by atoms with Gasteiger partial charge in [0.25, 0.3) is 5.56 Å². The Morgan fingerprint density at radius 1 is 1.10 bits per heavy atom. The number of para-hydroxylation sites is 1. The number of hydrogen-bond acceptors (Lipinski definition) is 5. The van der Waals surface area contributed by atoms with E-state index in [-0.39, 0.29) is 11.6 Å². The zero-order valence-electron chi connectivity index (χ0n) is 17.8. The quantitative estimate of drug-likeness (QED) is 0.392. The van der Waals surface area contributed by atoms with E-state index in [9.17, 15) is 9.90 Å². The van der Waals surface area contributed by atoms with E-state index < -0.39 is 6.29 Å². The van der Waals surface area contributed by atoms with Crippen molar-refractivity contribution >= 4 is 10.9 Å².